The molecule has 1 saturated heterocycles. The van der Waals surface area contributed by atoms with Crippen molar-refractivity contribution in [2.24, 2.45) is 5.92 Å². The van der Waals surface area contributed by atoms with Crippen LogP contribution in [0, 0.1) is 5.92 Å². The lowest BCUT2D eigenvalue weighted by Crippen LogP contribution is -2.45. The van der Waals surface area contributed by atoms with Gasteiger partial charge in [0, 0.05) is 19.6 Å². The molecule has 1 heterocycles. The molecule has 1 aliphatic heterocycles. The number of ether oxygens (including phenoxy) is 1. The largest absolute Gasteiger partial charge is 0.481 e. The van der Waals surface area contributed by atoms with E-state index >= 15 is 0 Å². The van der Waals surface area contributed by atoms with Crippen molar-refractivity contribution >= 4 is 12.0 Å². The van der Waals surface area contributed by atoms with Crippen LogP contribution in [-0.4, -0.2) is 35.1 Å². The number of carbonyl (C=O) groups excluding carboxylic acids is 1. The third-order valence-electron chi connectivity index (χ3n) is 4.98. The molecule has 0 aliphatic carbocycles. The van der Waals surface area contributed by atoms with Crippen molar-refractivity contribution in [3.8, 4) is 0 Å². The van der Waals surface area contributed by atoms with Gasteiger partial charge in [-0.1, -0.05) is 54.6 Å². The molecule has 0 saturated carbocycles. The highest BCUT2D eigenvalue weighted by Crippen LogP contribution is 2.17. The van der Waals surface area contributed by atoms with Crippen LogP contribution in [0.1, 0.15) is 29.5 Å². The van der Waals surface area contributed by atoms with Crippen LogP contribution in [0.3, 0.4) is 0 Å². The predicted octanol–water partition coefficient (Wildman–Crippen LogP) is 3.41. The molecule has 2 N–H and O–H groups in total. The zero-order valence-corrected chi connectivity index (χ0v) is 15.8. The molecule has 0 aromatic heterocycles. The van der Waals surface area contributed by atoms with Gasteiger partial charge in [-0.05, 0) is 29.5 Å². The second-order valence-corrected chi connectivity index (χ2v) is 7.05. The summed E-state index contributed by atoms with van der Waals surface area (Å²) >= 11 is 0. The van der Waals surface area contributed by atoms with Gasteiger partial charge in [0.05, 0.1) is 19.1 Å². The molecule has 1 fully saturated rings. The number of carboxylic acid groups (broad SMARTS) is 1. The summed E-state index contributed by atoms with van der Waals surface area (Å²) in [4.78, 5) is 24.9. The summed E-state index contributed by atoms with van der Waals surface area (Å²) in [6.45, 7) is 2.54. The Balaban J connectivity index is 1.38. The Bertz CT molecular complexity index is 769. The zero-order valence-electron chi connectivity index (χ0n) is 15.8. The average Bonchev–Trinajstić information content (AvgIpc) is 2.74. The Morgan fingerprint density at radius 3 is 2.11 bits per heavy atom. The highest BCUT2D eigenvalue weighted by molar-refractivity contribution is 5.75. The fourth-order valence-corrected chi connectivity index (χ4v) is 3.23. The number of rotatable bonds is 7. The summed E-state index contributed by atoms with van der Waals surface area (Å²) in [6.07, 6.45) is 1.03. The lowest BCUT2D eigenvalue weighted by Gasteiger charge is -2.30. The number of hydrogen-bond acceptors (Lipinski definition) is 3. The number of aliphatic carboxylic acids is 1. The van der Waals surface area contributed by atoms with Crippen molar-refractivity contribution in [1.82, 2.24) is 10.2 Å². The summed E-state index contributed by atoms with van der Waals surface area (Å²) in [7, 11) is 0. The molecule has 0 atom stereocenters. The van der Waals surface area contributed by atoms with Crippen molar-refractivity contribution in [2.75, 3.05) is 13.1 Å². The van der Waals surface area contributed by atoms with Crippen LogP contribution in [0.5, 0.6) is 0 Å². The molecule has 6 heteroatoms. The Hall–Kier alpha value is -2.86. The van der Waals surface area contributed by atoms with Crippen LogP contribution in [0.2, 0.25) is 0 Å². The summed E-state index contributed by atoms with van der Waals surface area (Å²) in [6, 6.07) is 17.9. The van der Waals surface area contributed by atoms with E-state index in [9.17, 15) is 9.59 Å². The average molecular weight is 382 g/mol. The van der Waals surface area contributed by atoms with Crippen LogP contribution >= 0.6 is 0 Å². The van der Waals surface area contributed by atoms with Crippen LogP contribution in [0.15, 0.2) is 54.6 Å². The smallest absolute Gasteiger partial charge is 0.317 e. The molecular weight excluding hydrogens is 356 g/mol. The van der Waals surface area contributed by atoms with Crippen molar-refractivity contribution in [3.63, 3.8) is 0 Å². The summed E-state index contributed by atoms with van der Waals surface area (Å²) < 4.78 is 5.73. The van der Waals surface area contributed by atoms with E-state index in [0.29, 0.717) is 45.7 Å². The number of carboxylic acids is 1. The first-order valence-electron chi connectivity index (χ1n) is 9.57. The van der Waals surface area contributed by atoms with E-state index in [1.165, 1.54) is 0 Å². The van der Waals surface area contributed by atoms with Gasteiger partial charge in [-0.3, -0.25) is 4.79 Å². The van der Waals surface area contributed by atoms with Gasteiger partial charge in [0.25, 0.3) is 0 Å². The van der Waals surface area contributed by atoms with Gasteiger partial charge in [-0.2, -0.15) is 0 Å². The number of hydrogen-bond donors (Lipinski definition) is 2. The van der Waals surface area contributed by atoms with Gasteiger partial charge in [-0.25, -0.2) is 4.79 Å². The Morgan fingerprint density at radius 1 is 0.929 bits per heavy atom. The van der Waals surface area contributed by atoms with Crippen molar-refractivity contribution in [3.05, 3.63) is 71.3 Å². The van der Waals surface area contributed by atoms with Crippen molar-refractivity contribution < 1.29 is 19.4 Å². The van der Waals surface area contributed by atoms with E-state index < -0.39 is 5.97 Å². The van der Waals surface area contributed by atoms with Gasteiger partial charge < -0.3 is 20.1 Å². The maximum absolute atomic E-state index is 12.2. The number of amides is 2. The van der Waals surface area contributed by atoms with E-state index in [-0.39, 0.29) is 11.9 Å². The number of nitrogens with one attached hydrogen (secondary N) is 1. The number of piperidine rings is 1. The first kappa shape index (κ1) is 19.9. The Kier molecular flexibility index (Phi) is 7.03. The monoisotopic (exact) mass is 382 g/mol. The Labute approximate surface area is 165 Å². The van der Waals surface area contributed by atoms with Crippen LogP contribution in [0.25, 0.3) is 0 Å². The second kappa shape index (κ2) is 9.90. The molecule has 0 bridgehead atoms. The molecule has 2 aromatic carbocycles. The molecule has 0 unspecified atom stereocenters. The van der Waals surface area contributed by atoms with Gasteiger partial charge in [-0.15, -0.1) is 0 Å². The Morgan fingerprint density at radius 2 is 1.50 bits per heavy atom. The number of nitrogens with zero attached hydrogens (tertiary/aromatic N) is 1. The fraction of sp³-hybridized carbons (Fsp3) is 0.364. The first-order chi connectivity index (χ1) is 13.6. The lowest BCUT2D eigenvalue weighted by molar-refractivity contribution is -0.143. The third-order valence-corrected chi connectivity index (χ3v) is 4.98. The first-order valence-corrected chi connectivity index (χ1v) is 9.57. The van der Waals surface area contributed by atoms with E-state index in [2.05, 4.69) is 5.32 Å². The topological polar surface area (TPSA) is 78.9 Å². The number of likely N-dealkylation sites (tertiary alicyclic amines) is 1. The standard InChI is InChI=1S/C22H26N2O4/c25-21(26)20-10-12-24(13-11-20)22(27)23-14-17-6-8-19(9-7-17)16-28-15-18-4-2-1-3-5-18/h1-9,20H,10-16H2,(H,23,27)(H,25,26). The van der Waals surface area contributed by atoms with Crippen molar-refractivity contribution in [2.45, 2.75) is 32.6 Å². The molecule has 148 valence electrons. The molecule has 0 radical (unpaired) electrons. The minimum absolute atomic E-state index is 0.140. The van der Waals surface area contributed by atoms with Crippen LogP contribution in [-0.2, 0) is 29.3 Å². The van der Waals surface area contributed by atoms with E-state index in [1.54, 1.807) is 4.90 Å². The fourth-order valence-electron chi connectivity index (χ4n) is 3.23. The number of benzene rings is 2. The third kappa shape index (κ3) is 5.82. The zero-order chi connectivity index (χ0) is 19.8. The molecule has 2 aromatic rings. The summed E-state index contributed by atoms with van der Waals surface area (Å²) in [5.41, 5.74) is 3.25. The quantitative estimate of drug-likeness (QED) is 0.769. The maximum Gasteiger partial charge on any atom is 0.317 e. The molecule has 1 aliphatic rings. The van der Waals surface area contributed by atoms with Gasteiger partial charge in [0.15, 0.2) is 0 Å². The normalized spacial score (nSPS) is 14.6. The van der Waals surface area contributed by atoms with E-state index in [0.717, 1.165) is 16.7 Å². The molecule has 3 rings (SSSR count). The summed E-state index contributed by atoms with van der Waals surface area (Å²) in [5.74, 6) is -1.10. The maximum atomic E-state index is 12.2. The predicted molar refractivity (Wildman–Crippen MR) is 106 cm³/mol. The van der Waals surface area contributed by atoms with Crippen LogP contribution in [0.4, 0.5) is 4.79 Å². The van der Waals surface area contributed by atoms with Crippen LogP contribution < -0.4 is 5.32 Å². The molecular formula is C22H26N2O4. The van der Waals surface area contributed by atoms with Gasteiger partial charge in [0.2, 0.25) is 0 Å². The van der Waals surface area contributed by atoms with E-state index in [1.807, 2.05) is 54.6 Å². The minimum atomic E-state index is -0.770. The SMILES string of the molecule is O=C(O)C1CCN(C(=O)NCc2ccc(COCc3ccccc3)cc2)CC1. The minimum Gasteiger partial charge on any atom is -0.481 e. The number of urea groups is 1. The second-order valence-electron chi connectivity index (χ2n) is 7.05. The lowest BCUT2D eigenvalue weighted by atomic mass is 9.97. The number of carbonyl (C=O) groups is 2. The van der Waals surface area contributed by atoms with Crippen molar-refractivity contribution in [1.29, 1.82) is 0 Å². The highest BCUT2D eigenvalue weighted by Gasteiger charge is 2.26. The molecule has 0 spiro atoms. The van der Waals surface area contributed by atoms with E-state index in [4.69, 9.17) is 9.84 Å². The highest BCUT2D eigenvalue weighted by atomic mass is 16.5. The van der Waals surface area contributed by atoms with Gasteiger partial charge >= 0.3 is 12.0 Å². The summed E-state index contributed by atoms with van der Waals surface area (Å²) in [5, 5.41) is 11.9. The van der Waals surface area contributed by atoms with Gasteiger partial charge in [0.1, 0.15) is 0 Å². The molecule has 6 nitrogen and oxygen atoms in total. The molecule has 2 amide bonds. The molecule has 28 heavy (non-hydrogen) atoms.